The number of imide groups is 1. The Morgan fingerprint density at radius 1 is 1.43 bits per heavy atom. The highest BCUT2D eigenvalue weighted by molar-refractivity contribution is 6.06. The molecule has 0 spiro atoms. The summed E-state index contributed by atoms with van der Waals surface area (Å²) in [6.45, 7) is 3.95. The summed E-state index contributed by atoms with van der Waals surface area (Å²) >= 11 is 0. The van der Waals surface area contributed by atoms with Crippen molar-refractivity contribution in [1.29, 1.82) is 0 Å². The van der Waals surface area contributed by atoms with E-state index in [1.807, 2.05) is 6.92 Å². The second-order valence-corrected chi connectivity index (χ2v) is 5.04. The Hall–Kier alpha value is -2.44. The third kappa shape index (κ3) is 3.01. The van der Waals surface area contributed by atoms with Gasteiger partial charge in [-0.3, -0.25) is 24.6 Å². The monoisotopic (exact) mass is 291 g/mol. The molecule has 0 radical (unpaired) electrons. The Labute approximate surface area is 122 Å². The van der Waals surface area contributed by atoms with Gasteiger partial charge in [0.15, 0.2) is 0 Å². The van der Waals surface area contributed by atoms with Crippen LogP contribution in [0.1, 0.15) is 25.3 Å². The molecule has 1 aromatic rings. The van der Waals surface area contributed by atoms with E-state index in [1.165, 1.54) is 11.0 Å². The first-order valence-corrected chi connectivity index (χ1v) is 6.79. The number of nitro benzene ring substituents is 1. The number of nitrogens with one attached hydrogen (secondary N) is 1. The lowest BCUT2D eigenvalue weighted by atomic mass is 10.1. The Morgan fingerprint density at radius 2 is 2.14 bits per heavy atom. The van der Waals surface area contributed by atoms with Crippen LogP contribution in [0, 0.1) is 17.0 Å². The zero-order chi connectivity index (χ0) is 15.6. The molecule has 1 aromatic carbocycles. The smallest absolute Gasteiger partial charge is 0.274 e. The fourth-order valence-corrected chi connectivity index (χ4v) is 2.35. The van der Waals surface area contributed by atoms with Gasteiger partial charge in [0, 0.05) is 23.9 Å². The summed E-state index contributed by atoms with van der Waals surface area (Å²) in [6, 6.07) is 4.02. The van der Waals surface area contributed by atoms with Crippen LogP contribution in [-0.2, 0) is 9.59 Å². The lowest BCUT2D eigenvalue weighted by Crippen LogP contribution is -2.35. The van der Waals surface area contributed by atoms with E-state index in [0.29, 0.717) is 24.2 Å². The summed E-state index contributed by atoms with van der Waals surface area (Å²) < 4.78 is 0. The molecule has 0 saturated carbocycles. The summed E-state index contributed by atoms with van der Waals surface area (Å²) in [5.74, 6) is -0.481. The van der Waals surface area contributed by atoms with Crippen molar-refractivity contribution in [1.82, 2.24) is 4.90 Å². The molecule has 1 atom stereocenters. The summed E-state index contributed by atoms with van der Waals surface area (Å²) in [7, 11) is 0. The molecule has 1 fully saturated rings. The standard InChI is InChI=1S/C14H17N3O4/c1-3-6-16-13(18)8-11(14(16)19)15-10-5-4-9(2)12(7-10)17(20)21/h4-5,7,11,15H,3,6,8H2,1-2H3. The summed E-state index contributed by atoms with van der Waals surface area (Å²) in [4.78, 5) is 35.5. The number of nitrogens with zero attached hydrogens (tertiary/aromatic N) is 2. The molecule has 2 amide bonds. The van der Waals surface area contributed by atoms with E-state index in [1.54, 1.807) is 19.1 Å². The van der Waals surface area contributed by atoms with Crippen LogP contribution in [0.5, 0.6) is 0 Å². The first-order valence-electron chi connectivity index (χ1n) is 6.79. The summed E-state index contributed by atoms with van der Waals surface area (Å²) in [5, 5.41) is 13.8. The lowest BCUT2D eigenvalue weighted by Gasteiger charge is -2.15. The molecular weight excluding hydrogens is 274 g/mol. The molecular formula is C14H17N3O4. The van der Waals surface area contributed by atoms with Crippen molar-refractivity contribution >= 4 is 23.2 Å². The maximum atomic E-state index is 12.1. The molecule has 1 N–H and O–H groups in total. The zero-order valence-electron chi connectivity index (χ0n) is 12.0. The SMILES string of the molecule is CCCN1C(=O)CC(Nc2ccc(C)c([N+](=O)[O-])c2)C1=O. The van der Waals surface area contributed by atoms with Crippen LogP contribution < -0.4 is 5.32 Å². The highest BCUT2D eigenvalue weighted by Gasteiger charge is 2.37. The molecule has 1 unspecified atom stereocenters. The molecule has 21 heavy (non-hydrogen) atoms. The van der Waals surface area contributed by atoms with Crippen LogP contribution in [0.15, 0.2) is 18.2 Å². The predicted molar refractivity (Wildman–Crippen MR) is 76.9 cm³/mol. The van der Waals surface area contributed by atoms with E-state index in [4.69, 9.17) is 0 Å². The minimum Gasteiger partial charge on any atom is -0.373 e. The molecule has 2 rings (SSSR count). The second-order valence-electron chi connectivity index (χ2n) is 5.04. The van der Waals surface area contributed by atoms with E-state index in [0.717, 1.165) is 0 Å². The Kier molecular flexibility index (Phi) is 4.21. The van der Waals surface area contributed by atoms with Crippen molar-refractivity contribution in [2.75, 3.05) is 11.9 Å². The Morgan fingerprint density at radius 3 is 2.76 bits per heavy atom. The van der Waals surface area contributed by atoms with Crippen LogP contribution in [-0.4, -0.2) is 34.2 Å². The van der Waals surface area contributed by atoms with Gasteiger partial charge in [-0.05, 0) is 19.4 Å². The Bertz CT molecular complexity index is 600. The number of anilines is 1. The van der Waals surface area contributed by atoms with Gasteiger partial charge in [0.2, 0.25) is 5.91 Å². The van der Waals surface area contributed by atoms with Crippen molar-refractivity contribution in [3.63, 3.8) is 0 Å². The predicted octanol–water partition coefficient (Wildman–Crippen LogP) is 1.85. The van der Waals surface area contributed by atoms with Gasteiger partial charge < -0.3 is 5.32 Å². The van der Waals surface area contributed by atoms with Gasteiger partial charge in [0.25, 0.3) is 11.6 Å². The number of carbonyl (C=O) groups is 2. The zero-order valence-corrected chi connectivity index (χ0v) is 12.0. The Balaban J connectivity index is 2.16. The lowest BCUT2D eigenvalue weighted by molar-refractivity contribution is -0.385. The van der Waals surface area contributed by atoms with Crippen molar-refractivity contribution in [3.05, 3.63) is 33.9 Å². The fourth-order valence-electron chi connectivity index (χ4n) is 2.35. The molecule has 1 aliphatic heterocycles. The van der Waals surface area contributed by atoms with Crippen LogP contribution in [0.3, 0.4) is 0 Å². The molecule has 1 heterocycles. The number of amides is 2. The maximum Gasteiger partial charge on any atom is 0.274 e. The molecule has 7 heteroatoms. The van der Waals surface area contributed by atoms with Crippen molar-refractivity contribution in [2.45, 2.75) is 32.7 Å². The molecule has 0 aliphatic carbocycles. The fraction of sp³-hybridized carbons (Fsp3) is 0.429. The van der Waals surface area contributed by atoms with E-state index < -0.39 is 11.0 Å². The van der Waals surface area contributed by atoms with Crippen molar-refractivity contribution in [2.24, 2.45) is 0 Å². The van der Waals surface area contributed by atoms with Gasteiger partial charge in [-0.2, -0.15) is 0 Å². The largest absolute Gasteiger partial charge is 0.373 e. The van der Waals surface area contributed by atoms with Gasteiger partial charge in [-0.25, -0.2) is 0 Å². The third-order valence-corrected chi connectivity index (χ3v) is 3.44. The molecule has 0 aromatic heterocycles. The van der Waals surface area contributed by atoms with Crippen molar-refractivity contribution in [3.8, 4) is 0 Å². The number of aryl methyl sites for hydroxylation is 1. The van der Waals surface area contributed by atoms with Gasteiger partial charge in [-0.1, -0.05) is 13.0 Å². The molecule has 112 valence electrons. The average Bonchev–Trinajstić information content (AvgIpc) is 2.69. The van der Waals surface area contributed by atoms with Gasteiger partial charge in [-0.15, -0.1) is 0 Å². The average molecular weight is 291 g/mol. The normalized spacial score (nSPS) is 18.2. The van der Waals surface area contributed by atoms with E-state index >= 15 is 0 Å². The highest BCUT2D eigenvalue weighted by Crippen LogP contribution is 2.25. The first kappa shape index (κ1) is 15.0. The first-order chi connectivity index (χ1) is 9.93. The second kappa shape index (κ2) is 5.90. The van der Waals surface area contributed by atoms with E-state index in [-0.39, 0.29) is 23.9 Å². The number of benzene rings is 1. The third-order valence-electron chi connectivity index (χ3n) is 3.44. The number of carbonyl (C=O) groups excluding carboxylic acids is 2. The van der Waals surface area contributed by atoms with Gasteiger partial charge >= 0.3 is 0 Å². The highest BCUT2D eigenvalue weighted by atomic mass is 16.6. The van der Waals surface area contributed by atoms with Gasteiger partial charge in [0.1, 0.15) is 6.04 Å². The van der Waals surface area contributed by atoms with Gasteiger partial charge in [0.05, 0.1) is 11.3 Å². The van der Waals surface area contributed by atoms with E-state index in [9.17, 15) is 19.7 Å². The topological polar surface area (TPSA) is 92.6 Å². The number of nitro groups is 1. The maximum absolute atomic E-state index is 12.1. The summed E-state index contributed by atoms with van der Waals surface area (Å²) in [5.41, 5.74) is 1.01. The minimum atomic E-state index is -0.647. The quantitative estimate of drug-likeness (QED) is 0.507. The van der Waals surface area contributed by atoms with Crippen LogP contribution in [0.25, 0.3) is 0 Å². The molecule has 0 bridgehead atoms. The summed E-state index contributed by atoms with van der Waals surface area (Å²) in [6.07, 6.45) is 0.792. The number of hydrogen-bond acceptors (Lipinski definition) is 5. The van der Waals surface area contributed by atoms with Crippen LogP contribution >= 0.6 is 0 Å². The number of rotatable bonds is 5. The minimum absolute atomic E-state index is 0.0119. The molecule has 7 nitrogen and oxygen atoms in total. The van der Waals surface area contributed by atoms with E-state index in [2.05, 4.69) is 5.32 Å². The van der Waals surface area contributed by atoms with Crippen LogP contribution in [0.4, 0.5) is 11.4 Å². The van der Waals surface area contributed by atoms with Crippen LogP contribution in [0.2, 0.25) is 0 Å². The number of likely N-dealkylation sites (tertiary alicyclic amines) is 1. The molecule has 1 aliphatic rings. The molecule has 1 saturated heterocycles. The van der Waals surface area contributed by atoms with Crippen molar-refractivity contribution < 1.29 is 14.5 Å². The number of hydrogen-bond donors (Lipinski definition) is 1.